The predicted molar refractivity (Wildman–Crippen MR) is 98.8 cm³/mol. The molecule has 0 heterocycles. The van der Waals surface area contributed by atoms with Crippen LogP contribution in [0.25, 0.3) is 0 Å². The summed E-state index contributed by atoms with van der Waals surface area (Å²) in [4.78, 5) is 9.53. The van der Waals surface area contributed by atoms with Gasteiger partial charge in [-0.05, 0) is 47.9 Å². The monoisotopic (exact) mass is 357 g/mol. The minimum atomic E-state index is -3.65. The van der Waals surface area contributed by atoms with E-state index in [1.165, 1.54) is 35.8 Å². The van der Waals surface area contributed by atoms with Gasteiger partial charge < -0.3 is 9.42 Å². The lowest BCUT2D eigenvalue weighted by Crippen LogP contribution is -2.40. The molecule has 2 aromatic carbocycles. The van der Waals surface area contributed by atoms with Gasteiger partial charge in [0, 0.05) is 25.0 Å². The first kappa shape index (κ1) is 17.0. The summed E-state index contributed by atoms with van der Waals surface area (Å²) in [6, 6.07) is 17.6. The predicted octanol–water partition coefficient (Wildman–Crippen LogP) is 4.33. The number of benzene rings is 2. The SMILES string of the molecule is COP(=O)(O)NCCCC12CCC(c3ccccc31)c1ccccc12. The van der Waals surface area contributed by atoms with E-state index in [0.29, 0.717) is 12.5 Å². The molecule has 0 radical (unpaired) electrons. The van der Waals surface area contributed by atoms with Crippen LogP contribution < -0.4 is 5.09 Å². The van der Waals surface area contributed by atoms with Crippen LogP contribution in [0.15, 0.2) is 48.5 Å². The van der Waals surface area contributed by atoms with Crippen LogP contribution in [-0.2, 0) is 14.5 Å². The topological polar surface area (TPSA) is 58.6 Å². The number of hydrogen-bond acceptors (Lipinski definition) is 2. The highest BCUT2D eigenvalue weighted by atomic mass is 31.2. The average Bonchev–Trinajstić information content (AvgIpc) is 2.66. The third-order valence-electron chi connectivity index (χ3n) is 5.90. The lowest BCUT2D eigenvalue weighted by Gasteiger charge is -2.50. The Bertz CT molecular complexity index is 788. The molecule has 2 N–H and O–H groups in total. The Hall–Kier alpha value is -1.45. The van der Waals surface area contributed by atoms with E-state index in [-0.39, 0.29) is 5.41 Å². The van der Waals surface area contributed by atoms with E-state index >= 15 is 0 Å². The number of rotatable bonds is 6. The Balaban J connectivity index is 1.65. The smallest absolute Gasteiger partial charge is 0.312 e. The number of fused-ring (bicyclic) bond motifs is 1. The fraction of sp³-hybridized carbons (Fsp3) is 0.400. The molecule has 132 valence electrons. The van der Waals surface area contributed by atoms with E-state index in [1.54, 1.807) is 0 Å². The summed E-state index contributed by atoms with van der Waals surface area (Å²) < 4.78 is 16.2. The maximum atomic E-state index is 11.6. The van der Waals surface area contributed by atoms with Crippen LogP contribution in [0.5, 0.6) is 0 Å². The molecule has 3 aliphatic rings. The second-order valence-electron chi connectivity index (χ2n) is 7.06. The third-order valence-corrected chi connectivity index (χ3v) is 7.02. The van der Waals surface area contributed by atoms with Gasteiger partial charge in [0.05, 0.1) is 0 Å². The van der Waals surface area contributed by atoms with Gasteiger partial charge in [-0.15, -0.1) is 0 Å². The summed E-state index contributed by atoms with van der Waals surface area (Å²) in [7, 11) is -2.39. The molecule has 0 spiro atoms. The van der Waals surface area contributed by atoms with Gasteiger partial charge in [-0.3, -0.25) is 0 Å². The van der Waals surface area contributed by atoms with Crippen molar-refractivity contribution in [3.05, 3.63) is 70.8 Å². The Kier molecular flexibility index (Phi) is 4.33. The molecule has 0 aromatic heterocycles. The second-order valence-corrected chi connectivity index (χ2v) is 8.78. The first-order valence-corrected chi connectivity index (χ1v) is 10.5. The summed E-state index contributed by atoms with van der Waals surface area (Å²) in [5.74, 6) is 0.513. The molecule has 2 bridgehead atoms. The summed E-state index contributed by atoms with van der Waals surface area (Å²) in [6.07, 6.45) is 4.11. The molecule has 0 saturated heterocycles. The van der Waals surface area contributed by atoms with Crippen molar-refractivity contribution in [2.24, 2.45) is 0 Å². The zero-order chi connectivity index (χ0) is 17.5. The Morgan fingerprint density at radius 2 is 1.76 bits per heavy atom. The third kappa shape index (κ3) is 2.78. The summed E-state index contributed by atoms with van der Waals surface area (Å²) >= 11 is 0. The molecule has 4 nitrogen and oxygen atoms in total. The molecule has 5 rings (SSSR count). The minimum absolute atomic E-state index is 0.0239. The van der Waals surface area contributed by atoms with E-state index < -0.39 is 7.75 Å². The Morgan fingerprint density at radius 1 is 1.16 bits per heavy atom. The molecule has 2 aromatic rings. The van der Waals surface area contributed by atoms with Crippen LogP contribution in [0.2, 0.25) is 0 Å². The molecule has 1 atom stereocenters. The van der Waals surface area contributed by atoms with Crippen molar-refractivity contribution in [1.29, 1.82) is 0 Å². The van der Waals surface area contributed by atoms with E-state index in [1.807, 2.05) is 0 Å². The second kappa shape index (κ2) is 6.37. The van der Waals surface area contributed by atoms with Crippen molar-refractivity contribution in [1.82, 2.24) is 5.09 Å². The van der Waals surface area contributed by atoms with E-state index in [9.17, 15) is 9.46 Å². The van der Waals surface area contributed by atoms with Gasteiger partial charge in [0.2, 0.25) is 0 Å². The fourth-order valence-electron chi connectivity index (χ4n) is 4.83. The summed E-state index contributed by atoms with van der Waals surface area (Å²) in [5, 5.41) is 2.64. The fourth-order valence-corrected chi connectivity index (χ4v) is 5.40. The molecule has 3 aliphatic carbocycles. The molecule has 5 heteroatoms. The summed E-state index contributed by atoms with van der Waals surface area (Å²) in [5.41, 5.74) is 5.85. The van der Waals surface area contributed by atoms with Crippen molar-refractivity contribution in [3.63, 3.8) is 0 Å². The lowest BCUT2D eigenvalue weighted by atomic mass is 9.54. The largest absolute Gasteiger partial charge is 0.402 e. The van der Waals surface area contributed by atoms with Crippen molar-refractivity contribution in [2.45, 2.75) is 37.0 Å². The molecule has 0 saturated carbocycles. The number of nitrogens with one attached hydrogen (secondary N) is 1. The van der Waals surface area contributed by atoms with Crippen LogP contribution >= 0.6 is 7.75 Å². The van der Waals surface area contributed by atoms with Gasteiger partial charge in [-0.2, -0.15) is 0 Å². The van der Waals surface area contributed by atoms with Crippen LogP contribution in [-0.4, -0.2) is 18.5 Å². The first-order chi connectivity index (χ1) is 12.1. The van der Waals surface area contributed by atoms with Crippen molar-refractivity contribution in [3.8, 4) is 0 Å². The van der Waals surface area contributed by atoms with E-state index in [4.69, 9.17) is 0 Å². The van der Waals surface area contributed by atoms with Gasteiger partial charge in [-0.25, -0.2) is 9.65 Å². The van der Waals surface area contributed by atoms with Gasteiger partial charge in [0.1, 0.15) is 0 Å². The average molecular weight is 357 g/mol. The van der Waals surface area contributed by atoms with Crippen molar-refractivity contribution in [2.75, 3.05) is 13.7 Å². The molecule has 1 unspecified atom stereocenters. The highest BCUT2D eigenvalue weighted by Crippen LogP contribution is 2.57. The Labute approximate surface area is 148 Å². The molecule has 0 amide bonds. The minimum Gasteiger partial charge on any atom is -0.312 e. The van der Waals surface area contributed by atoms with Gasteiger partial charge in [0.25, 0.3) is 0 Å². The molecule has 0 fully saturated rings. The van der Waals surface area contributed by atoms with Gasteiger partial charge in [0.15, 0.2) is 0 Å². The maximum Gasteiger partial charge on any atom is 0.402 e. The highest BCUT2D eigenvalue weighted by Gasteiger charge is 2.47. The van der Waals surface area contributed by atoms with Crippen LogP contribution in [0, 0.1) is 0 Å². The van der Waals surface area contributed by atoms with Gasteiger partial charge in [-0.1, -0.05) is 48.5 Å². The molecular formula is C20H24NO3P. The van der Waals surface area contributed by atoms with E-state index in [2.05, 4.69) is 58.1 Å². The van der Waals surface area contributed by atoms with E-state index in [0.717, 1.165) is 19.3 Å². The quantitative estimate of drug-likeness (QED) is 0.597. The molecular weight excluding hydrogens is 333 g/mol. The highest BCUT2D eigenvalue weighted by molar-refractivity contribution is 7.50. The molecule has 0 aliphatic heterocycles. The van der Waals surface area contributed by atoms with Crippen LogP contribution in [0.4, 0.5) is 0 Å². The zero-order valence-corrected chi connectivity index (χ0v) is 15.3. The molecule has 25 heavy (non-hydrogen) atoms. The standard InChI is InChI=1S/C20H24NO3P/c1-24-25(22,23)21-14-6-12-20-13-11-15(16-7-2-4-9-18(16)20)17-8-3-5-10-19(17)20/h2-5,7-10,15H,6,11-14H2,1H3,(H2,21,22,23). The van der Waals surface area contributed by atoms with Gasteiger partial charge >= 0.3 is 7.75 Å². The lowest BCUT2D eigenvalue weighted by molar-refractivity contribution is 0.299. The zero-order valence-electron chi connectivity index (χ0n) is 14.4. The summed E-state index contributed by atoms with van der Waals surface area (Å²) in [6.45, 7) is 0.469. The van der Waals surface area contributed by atoms with Crippen LogP contribution in [0.1, 0.15) is 53.9 Å². The van der Waals surface area contributed by atoms with Crippen molar-refractivity contribution < 1.29 is 14.0 Å². The Morgan fingerprint density at radius 3 is 2.36 bits per heavy atom. The van der Waals surface area contributed by atoms with Crippen molar-refractivity contribution >= 4 is 7.75 Å². The van der Waals surface area contributed by atoms with Crippen LogP contribution in [0.3, 0.4) is 0 Å². The number of hydrogen-bond donors (Lipinski definition) is 2. The maximum absolute atomic E-state index is 11.6. The first-order valence-electron chi connectivity index (χ1n) is 8.90. The normalized spacial score (nSPS) is 25.9.